The maximum atomic E-state index is 11.5. The van der Waals surface area contributed by atoms with Gasteiger partial charge in [0, 0.05) is 10.8 Å². The highest BCUT2D eigenvalue weighted by Crippen LogP contribution is 2.16. The minimum atomic E-state index is -0.433. The van der Waals surface area contributed by atoms with Crippen molar-refractivity contribution in [1.82, 2.24) is 5.32 Å². The number of hydrogen-bond donors (Lipinski definition) is 2. The van der Waals surface area contributed by atoms with Crippen LogP contribution in [0.1, 0.15) is 41.5 Å². The lowest BCUT2D eigenvalue weighted by Gasteiger charge is -2.24. The monoisotopic (exact) mass is 184 g/mol. The predicted molar refractivity (Wildman–Crippen MR) is 54.8 cm³/mol. The van der Waals surface area contributed by atoms with Crippen molar-refractivity contribution in [3.63, 3.8) is 0 Å². The van der Waals surface area contributed by atoms with Crippen LogP contribution in [-0.2, 0) is 4.79 Å². The van der Waals surface area contributed by atoms with Crippen molar-refractivity contribution in [3.8, 4) is 0 Å². The van der Waals surface area contributed by atoms with Crippen LogP contribution in [0.4, 0.5) is 0 Å². The van der Waals surface area contributed by atoms with Crippen molar-refractivity contribution in [1.29, 1.82) is 5.41 Å². The van der Waals surface area contributed by atoms with Gasteiger partial charge in [-0.1, -0.05) is 41.5 Å². The molecule has 0 aromatic carbocycles. The van der Waals surface area contributed by atoms with Gasteiger partial charge in [-0.3, -0.25) is 10.2 Å². The van der Waals surface area contributed by atoms with E-state index in [1.165, 1.54) is 0 Å². The quantitative estimate of drug-likeness (QED) is 0.440. The van der Waals surface area contributed by atoms with Crippen LogP contribution < -0.4 is 5.32 Å². The van der Waals surface area contributed by atoms with Crippen LogP contribution in [0.15, 0.2) is 0 Å². The highest BCUT2D eigenvalue weighted by atomic mass is 16.2. The molecule has 0 radical (unpaired) electrons. The Hall–Kier alpha value is -0.860. The molecule has 0 saturated heterocycles. The topological polar surface area (TPSA) is 53.0 Å². The Bertz CT molecular complexity index is 194. The first-order valence-corrected chi connectivity index (χ1v) is 4.45. The van der Waals surface area contributed by atoms with Gasteiger partial charge in [-0.2, -0.15) is 0 Å². The Morgan fingerprint density at radius 3 is 1.62 bits per heavy atom. The molecular formula is C10H20N2O. The molecule has 1 amide bonds. The van der Waals surface area contributed by atoms with Crippen molar-refractivity contribution in [2.45, 2.75) is 41.5 Å². The van der Waals surface area contributed by atoms with Crippen LogP contribution in [-0.4, -0.2) is 11.7 Å². The highest BCUT2D eigenvalue weighted by Gasteiger charge is 2.26. The van der Waals surface area contributed by atoms with E-state index in [1.54, 1.807) is 0 Å². The summed E-state index contributed by atoms with van der Waals surface area (Å²) in [7, 11) is 0. The molecule has 0 aliphatic carbocycles. The second kappa shape index (κ2) is 3.48. The van der Waals surface area contributed by atoms with Crippen LogP contribution >= 0.6 is 0 Å². The van der Waals surface area contributed by atoms with Crippen LogP contribution in [0.5, 0.6) is 0 Å². The molecule has 0 saturated carbocycles. The van der Waals surface area contributed by atoms with Gasteiger partial charge < -0.3 is 5.32 Å². The lowest BCUT2D eigenvalue weighted by Crippen LogP contribution is -2.43. The molecule has 3 nitrogen and oxygen atoms in total. The SMILES string of the molecule is CC(C)(C)C(=N)NC(=O)C(C)(C)C. The zero-order chi connectivity index (χ0) is 10.9. The molecule has 0 heterocycles. The number of carbonyl (C=O) groups is 1. The molecule has 0 fully saturated rings. The Labute approximate surface area is 80.4 Å². The maximum Gasteiger partial charge on any atom is 0.230 e. The van der Waals surface area contributed by atoms with Gasteiger partial charge in [-0.25, -0.2) is 0 Å². The van der Waals surface area contributed by atoms with Gasteiger partial charge in [0.1, 0.15) is 5.84 Å². The summed E-state index contributed by atoms with van der Waals surface area (Å²) in [5.74, 6) is 0.167. The van der Waals surface area contributed by atoms with Crippen molar-refractivity contribution in [3.05, 3.63) is 0 Å². The summed E-state index contributed by atoms with van der Waals surface area (Å²) < 4.78 is 0. The minimum Gasteiger partial charge on any atom is -0.314 e. The van der Waals surface area contributed by atoms with E-state index in [-0.39, 0.29) is 17.2 Å². The third kappa shape index (κ3) is 4.06. The number of amidine groups is 1. The van der Waals surface area contributed by atoms with Gasteiger partial charge in [-0.15, -0.1) is 0 Å². The molecule has 0 aliphatic heterocycles. The van der Waals surface area contributed by atoms with Gasteiger partial charge in [0.2, 0.25) is 5.91 Å². The lowest BCUT2D eigenvalue weighted by atomic mass is 9.92. The Morgan fingerprint density at radius 2 is 1.38 bits per heavy atom. The molecule has 13 heavy (non-hydrogen) atoms. The van der Waals surface area contributed by atoms with Gasteiger partial charge in [0.05, 0.1) is 0 Å². The highest BCUT2D eigenvalue weighted by molar-refractivity contribution is 6.00. The maximum absolute atomic E-state index is 11.5. The fourth-order valence-electron chi connectivity index (χ4n) is 0.489. The smallest absolute Gasteiger partial charge is 0.230 e. The summed E-state index contributed by atoms with van der Waals surface area (Å²) in [6, 6.07) is 0. The molecular weight excluding hydrogens is 164 g/mol. The second-order valence-corrected chi connectivity index (χ2v) is 5.33. The van der Waals surface area contributed by atoms with Crippen LogP contribution in [0.2, 0.25) is 0 Å². The molecule has 0 aliphatic rings. The largest absolute Gasteiger partial charge is 0.314 e. The molecule has 0 bridgehead atoms. The van der Waals surface area contributed by atoms with E-state index >= 15 is 0 Å². The average Bonchev–Trinajstić information content (AvgIpc) is 1.82. The number of amides is 1. The van der Waals surface area contributed by atoms with E-state index in [0.717, 1.165) is 0 Å². The van der Waals surface area contributed by atoms with Crippen LogP contribution in [0.3, 0.4) is 0 Å². The van der Waals surface area contributed by atoms with Crippen molar-refractivity contribution < 1.29 is 4.79 Å². The zero-order valence-electron chi connectivity index (χ0n) is 9.41. The molecule has 2 N–H and O–H groups in total. The summed E-state index contributed by atoms with van der Waals surface area (Å²) in [5, 5.41) is 10.2. The fraction of sp³-hybridized carbons (Fsp3) is 0.800. The van der Waals surface area contributed by atoms with E-state index < -0.39 is 5.41 Å². The first-order chi connectivity index (χ1) is 5.55. The first-order valence-electron chi connectivity index (χ1n) is 4.45. The molecule has 0 atom stereocenters. The number of hydrogen-bond acceptors (Lipinski definition) is 2. The molecule has 0 unspecified atom stereocenters. The first kappa shape index (κ1) is 12.1. The lowest BCUT2D eigenvalue weighted by molar-refractivity contribution is -0.127. The third-order valence-electron chi connectivity index (χ3n) is 1.67. The van der Waals surface area contributed by atoms with E-state index in [1.807, 2.05) is 41.5 Å². The third-order valence-corrected chi connectivity index (χ3v) is 1.67. The Morgan fingerprint density at radius 1 is 1.00 bits per heavy atom. The standard InChI is InChI=1S/C10H20N2O/c1-9(2,3)7(11)12-8(13)10(4,5)6/h1-6H3,(H2,11,12,13). The van der Waals surface area contributed by atoms with Crippen molar-refractivity contribution in [2.75, 3.05) is 0 Å². The Balaban J connectivity index is 4.34. The average molecular weight is 184 g/mol. The number of carbonyl (C=O) groups excluding carboxylic acids is 1. The zero-order valence-corrected chi connectivity index (χ0v) is 9.41. The predicted octanol–water partition coefficient (Wildman–Crippen LogP) is 2.17. The van der Waals surface area contributed by atoms with E-state index in [9.17, 15) is 4.79 Å². The van der Waals surface area contributed by atoms with Gasteiger partial charge in [-0.05, 0) is 0 Å². The molecule has 76 valence electrons. The number of nitrogens with one attached hydrogen (secondary N) is 2. The summed E-state index contributed by atoms with van der Waals surface area (Å²) in [5.41, 5.74) is -0.724. The number of rotatable bonds is 0. The second-order valence-electron chi connectivity index (χ2n) is 5.33. The van der Waals surface area contributed by atoms with Gasteiger partial charge >= 0.3 is 0 Å². The Kier molecular flexibility index (Phi) is 3.25. The summed E-state index contributed by atoms with van der Waals surface area (Å²) in [6.07, 6.45) is 0. The van der Waals surface area contributed by atoms with E-state index in [2.05, 4.69) is 5.32 Å². The normalized spacial score (nSPS) is 12.5. The minimum absolute atomic E-state index is 0.104. The molecule has 0 spiro atoms. The van der Waals surface area contributed by atoms with Crippen LogP contribution in [0.25, 0.3) is 0 Å². The molecule has 3 heteroatoms. The van der Waals surface area contributed by atoms with Crippen LogP contribution in [0, 0.1) is 16.2 Å². The molecule has 0 aromatic rings. The fourth-order valence-corrected chi connectivity index (χ4v) is 0.489. The van der Waals surface area contributed by atoms with E-state index in [0.29, 0.717) is 0 Å². The van der Waals surface area contributed by atoms with Crippen molar-refractivity contribution in [2.24, 2.45) is 10.8 Å². The summed E-state index contributed by atoms with van der Waals surface area (Å²) in [4.78, 5) is 11.5. The van der Waals surface area contributed by atoms with E-state index in [4.69, 9.17) is 5.41 Å². The van der Waals surface area contributed by atoms with Gasteiger partial charge in [0.15, 0.2) is 0 Å². The van der Waals surface area contributed by atoms with Crippen molar-refractivity contribution >= 4 is 11.7 Å². The summed E-state index contributed by atoms with van der Waals surface area (Å²) in [6.45, 7) is 11.2. The molecule has 0 rings (SSSR count). The summed E-state index contributed by atoms with van der Waals surface area (Å²) >= 11 is 0. The van der Waals surface area contributed by atoms with Gasteiger partial charge in [0.25, 0.3) is 0 Å². The molecule has 0 aromatic heterocycles.